The van der Waals surface area contributed by atoms with Gasteiger partial charge in [-0.2, -0.15) is 0 Å². The largest absolute Gasteiger partial charge is 0.478 e. The molecular weight excluding hydrogens is 268 g/mol. The number of amides is 2. The van der Waals surface area contributed by atoms with Gasteiger partial charge in [-0.15, -0.1) is 0 Å². The van der Waals surface area contributed by atoms with Crippen LogP contribution < -0.4 is 5.32 Å². The number of urea groups is 1. The summed E-state index contributed by atoms with van der Waals surface area (Å²) in [5.74, 6) is -0.446. The Labute approximate surface area is 124 Å². The molecule has 2 unspecified atom stereocenters. The van der Waals surface area contributed by atoms with Gasteiger partial charge in [-0.3, -0.25) is 0 Å². The Morgan fingerprint density at radius 2 is 1.95 bits per heavy atom. The minimum atomic E-state index is -0.982. The van der Waals surface area contributed by atoms with Gasteiger partial charge in [0.05, 0.1) is 0 Å². The Bertz CT molecular complexity index is 551. The van der Waals surface area contributed by atoms with Crippen molar-refractivity contribution in [3.8, 4) is 0 Å². The van der Waals surface area contributed by atoms with Crippen molar-refractivity contribution in [1.29, 1.82) is 0 Å². The maximum Gasteiger partial charge on any atom is 0.328 e. The smallest absolute Gasteiger partial charge is 0.328 e. The van der Waals surface area contributed by atoms with Crippen LogP contribution in [-0.2, 0) is 4.79 Å². The molecule has 1 saturated heterocycles. The Kier molecular flexibility index (Phi) is 4.62. The van der Waals surface area contributed by atoms with Gasteiger partial charge in [-0.1, -0.05) is 19.1 Å². The van der Waals surface area contributed by atoms with Crippen LogP contribution in [0.25, 0.3) is 6.08 Å². The third-order valence-corrected chi connectivity index (χ3v) is 3.63. The van der Waals surface area contributed by atoms with Gasteiger partial charge in [0.15, 0.2) is 0 Å². The average molecular weight is 288 g/mol. The molecule has 0 bridgehead atoms. The molecule has 0 radical (unpaired) electrons. The van der Waals surface area contributed by atoms with Crippen LogP contribution in [0.4, 0.5) is 10.5 Å². The first-order chi connectivity index (χ1) is 9.95. The number of benzene rings is 1. The number of nitrogens with one attached hydrogen (secondary N) is 1. The molecule has 2 atom stereocenters. The number of carbonyl (C=O) groups excluding carboxylic acids is 1. The first-order valence-electron chi connectivity index (χ1n) is 7.04. The van der Waals surface area contributed by atoms with Crippen molar-refractivity contribution in [2.24, 2.45) is 5.92 Å². The zero-order valence-corrected chi connectivity index (χ0v) is 12.2. The number of anilines is 1. The maximum atomic E-state index is 12.2. The molecule has 1 aliphatic heterocycles. The van der Waals surface area contributed by atoms with Crippen LogP contribution in [0, 0.1) is 5.92 Å². The highest BCUT2D eigenvalue weighted by Crippen LogP contribution is 2.23. The Balaban J connectivity index is 1.97. The number of rotatable bonds is 3. The topological polar surface area (TPSA) is 69.6 Å². The molecule has 112 valence electrons. The van der Waals surface area contributed by atoms with Crippen LogP contribution in [0.5, 0.6) is 0 Å². The van der Waals surface area contributed by atoms with Gasteiger partial charge in [0, 0.05) is 24.4 Å². The fourth-order valence-corrected chi connectivity index (χ4v) is 2.62. The van der Waals surface area contributed by atoms with E-state index in [-0.39, 0.29) is 12.1 Å². The van der Waals surface area contributed by atoms with Gasteiger partial charge in [-0.05, 0) is 43.0 Å². The van der Waals surface area contributed by atoms with Crippen LogP contribution in [0.3, 0.4) is 0 Å². The summed E-state index contributed by atoms with van der Waals surface area (Å²) in [5, 5.41) is 11.4. The van der Waals surface area contributed by atoms with E-state index in [1.165, 1.54) is 6.08 Å². The molecule has 2 N–H and O–H groups in total. The quantitative estimate of drug-likeness (QED) is 0.840. The van der Waals surface area contributed by atoms with E-state index >= 15 is 0 Å². The monoisotopic (exact) mass is 288 g/mol. The second kappa shape index (κ2) is 6.43. The standard InChI is InChI=1S/C16H20N2O3/c1-11-9-12(2)18(10-11)16(21)17-14-6-3-13(4-7-14)5-8-15(19)20/h3-8,11-12H,9-10H2,1-2H3,(H,17,21)(H,19,20)/b8-5+. The first kappa shape index (κ1) is 15.1. The summed E-state index contributed by atoms with van der Waals surface area (Å²) in [4.78, 5) is 24.5. The summed E-state index contributed by atoms with van der Waals surface area (Å²) in [6.07, 6.45) is 3.63. The number of likely N-dealkylation sites (tertiary alicyclic amines) is 1. The fourth-order valence-electron chi connectivity index (χ4n) is 2.62. The second-order valence-corrected chi connectivity index (χ2v) is 5.57. The Morgan fingerprint density at radius 3 is 2.48 bits per heavy atom. The molecule has 2 rings (SSSR count). The normalized spacial score (nSPS) is 21.7. The number of nitrogens with zero attached hydrogens (tertiary/aromatic N) is 1. The maximum absolute atomic E-state index is 12.2. The van der Waals surface area contributed by atoms with E-state index in [1.807, 2.05) is 4.90 Å². The molecule has 1 aromatic carbocycles. The molecule has 5 heteroatoms. The summed E-state index contributed by atoms with van der Waals surface area (Å²) >= 11 is 0. The van der Waals surface area contributed by atoms with Gasteiger partial charge < -0.3 is 15.3 Å². The second-order valence-electron chi connectivity index (χ2n) is 5.57. The van der Waals surface area contributed by atoms with Gasteiger partial charge in [0.25, 0.3) is 0 Å². The Morgan fingerprint density at radius 1 is 1.29 bits per heavy atom. The molecular formula is C16H20N2O3. The average Bonchev–Trinajstić information content (AvgIpc) is 2.77. The lowest BCUT2D eigenvalue weighted by molar-refractivity contribution is -0.131. The third kappa shape index (κ3) is 4.08. The van der Waals surface area contributed by atoms with Crippen LogP contribution in [-0.4, -0.2) is 34.6 Å². The van der Waals surface area contributed by atoms with E-state index in [0.29, 0.717) is 11.6 Å². The van der Waals surface area contributed by atoms with Gasteiger partial charge in [0.2, 0.25) is 0 Å². The zero-order chi connectivity index (χ0) is 15.4. The highest BCUT2D eigenvalue weighted by Gasteiger charge is 2.29. The van der Waals surface area contributed by atoms with E-state index in [4.69, 9.17) is 5.11 Å². The minimum Gasteiger partial charge on any atom is -0.478 e. The molecule has 2 amide bonds. The van der Waals surface area contributed by atoms with Crippen LogP contribution in [0.2, 0.25) is 0 Å². The summed E-state index contributed by atoms with van der Waals surface area (Å²) in [6, 6.07) is 7.25. The van der Waals surface area contributed by atoms with E-state index in [0.717, 1.165) is 24.6 Å². The van der Waals surface area contributed by atoms with Crippen molar-refractivity contribution in [3.05, 3.63) is 35.9 Å². The van der Waals surface area contributed by atoms with Crippen LogP contribution in [0.1, 0.15) is 25.8 Å². The number of hydrogen-bond donors (Lipinski definition) is 2. The zero-order valence-electron chi connectivity index (χ0n) is 12.2. The lowest BCUT2D eigenvalue weighted by Gasteiger charge is -2.21. The number of carbonyl (C=O) groups is 2. The number of aliphatic carboxylic acids is 1. The number of hydrogen-bond acceptors (Lipinski definition) is 2. The third-order valence-electron chi connectivity index (χ3n) is 3.63. The Hall–Kier alpha value is -2.30. The van der Waals surface area contributed by atoms with Crippen molar-refractivity contribution in [2.75, 3.05) is 11.9 Å². The molecule has 0 spiro atoms. The van der Waals surface area contributed by atoms with Gasteiger partial charge >= 0.3 is 12.0 Å². The van der Waals surface area contributed by atoms with Gasteiger partial charge in [-0.25, -0.2) is 9.59 Å². The molecule has 1 aromatic rings. The predicted octanol–water partition coefficient (Wildman–Crippen LogP) is 3.05. The SMILES string of the molecule is CC1CC(C)N(C(=O)Nc2ccc(/C=C/C(=O)O)cc2)C1. The van der Waals surface area contributed by atoms with E-state index in [9.17, 15) is 9.59 Å². The van der Waals surface area contributed by atoms with E-state index < -0.39 is 5.97 Å². The van der Waals surface area contributed by atoms with Crippen LogP contribution >= 0.6 is 0 Å². The van der Waals surface area contributed by atoms with Crippen molar-refractivity contribution < 1.29 is 14.7 Å². The molecule has 0 aromatic heterocycles. The number of carboxylic acids is 1. The highest BCUT2D eigenvalue weighted by molar-refractivity contribution is 5.90. The molecule has 5 nitrogen and oxygen atoms in total. The van der Waals surface area contributed by atoms with Crippen molar-refractivity contribution in [1.82, 2.24) is 4.90 Å². The van der Waals surface area contributed by atoms with Crippen molar-refractivity contribution in [3.63, 3.8) is 0 Å². The van der Waals surface area contributed by atoms with Crippen molar-refractivity contribution in [2.45, 2.75) is 26.3 Å². The summed E-state index contributed by atoms with van der Waals surface area (Å²) in [5.41, 5.74) is 1.48. The lowest BCUT2D eigenvalue weighted by atomic mass is 10.1. The molecule has 1 aliphatic rings. The first-order valence-corrected chi connectivity index (χ1v) is 7.04. The van der Waals surface area contributed by atoms with E-state index in [2.05, 4.69) is 19.2 Å². The molecule has 0 saturated carbocycles. The summed E-state index contributed by atoms with van der Waals surface area (Å²) in [7, 11) is 0. The lowest BCUT2D eigenvalue weighted by Crippen LogP contribution is -2.37. The fraction of sp³-hybridized carbons (Fsp3) is 0.375. The number of carboxylic acid groups (broad SMARTS) is 1. The predicted molar refractivity (Wildman–Crippen MR) is 82.1 cm³/mol. The van der Waals surface area contributed by atoms with Crippen molar-refractivity contribution >= 4 is 23.8 Å². The minimum absolute atomic E-state index is 0.0827. The summed E-state index contributed by atoms with van der Waals surface area (Å²) in [6.45, 7) is 4.99. The molecule has 0 aliphatic carbocycles. The molecule has 21 heavy (non-hydrogen) atoms. The van der Waals surface area contributed by atoms with Crippen LogP contribution in [0.15, 0.2) is 30.3 Å². The highest BCUT2D eigenvalue weighted by atomic mass is 16.4. The molecule has 1 fully saturated rings. The molecule has 1 heterocycles. The van der Waals surface area contributed by atoms with Gasteiger partial charge in [0.1, 0.15) is 0 Å². The van der Waals surface area contributed by atoms with E-state index in [1.54, 1.807) is 24.3 Å². The summed E-state index contributed by atoms with van der Waals surface area (Å²) < 4.78 is 0.